The van der Waals surface area contributed by atoms with Crippen molar-refractivity contribution in [3.8, 4) is 0 Å². The average Bonchev–Trinajstić information content (AvgIpc) is 3.30. The van der Waals surface area contributed by atoms with Gasteiger partial charge in [-0.1, -0.05) is 65.8 Å². The van der Waals surface area contributed by atoms with Crippen molar-refractivity contribution in [3.63, 3.8) is 0 Å². The highest BCUT2D eigenvalue weighted by Gasteiger charge is 2.23. The summed E-state index contributed by atoms with van der Waals surface area (Å²) in [6.07, 6.45) is 0.219. The van der Waals surface area contributed by atoms with Crippen molar-refractivity contribution in [1.29, 1.82) is 0 Å². The summed E-state index contributed by atoms with van der Waals surface area (Å²) in [6, 6.07) is 20.1. The molecule has 1 aliphatic heterocycles. The number of rotatable bonds is 5. The van der Waals surface area contributed by atoms with E-state index in [9.17, 15) is 0 Å². The lowest BCUT2D eigenvalue weighted by Crippen LogP contribution is -2.06. The molecule has 19 heavy (non-hydrogen) atoms. The zero-order valence-corrected chi connectivity index (χ0v) is 10.5. The molecule has 2 aromatic rings. The van der Waals surface area contributed by atoms with Gasteiger partial charge in [-0.15, -0.1) is 0 Å². The van der Waals surface area contributed by atoms with E-state index < -0.39 is 0 Å². The Labute approximate surface area is 112 Å². The Morgan fingerprint density at radius 1 is 1.00 bits per heavy atom. The summed E-state index contributed by atoms with van der Waals surface area (Å²) in [5, 5.41) is 4.28. The van der Waals surface area contributed by atoms with Gasteiger partial charge in [-0.2, -0.15) is 0 Å². The van der Waals surface area contributed by atoms with E-state index in [4.69, 9.17) is 9.57 Å². The van der Waals surface area contributed by atoms with Gasteiger partial charge in [0, 0.05) is 11.1 Å². The van der Waals surface area contributed by atoms with Crippen molar-refractivity contribution < 1.29 is 9.57 Å². The molecule has 1 fully saturated rings. The van der Waals surface area contributed by atoms with Crippen molar-refractivity contribution in [2.75, 3.05) is 13.2 Å². The Morgan fingerprint density at radius 2 is 1.53 bits per heavy atom. The van der Waals surface area contributed by atoms with E-state index in [0.717, 1.165) is 23.4 Å². The van der Waals surface area contributed by atoms with Gasteiger partial charge in [0.05, 0.1) is 6.61 Å². The van der Waals surface area contributed by atoms with Gasteiger partial charge in [0.2, 0.25) is 0 Å². The summed E-state index contributed by atoms with van der Waals surface area (Å²) >= 11 is 0. The molecule has 0 radical (unpaired) electrons. The predicted octanol–water partition coefficient (Wildman–Crippen LogP) is 2.85. The Kier molecular flexibility index (Phi) is 3.56. The molecule has 0 saturated carbocycles. The summed E-state index contributed by atoms with van der Waals surface area (Å²) < 4.78 is 5.11. The van der Waals surface area contributed by atoms with Crippen LogP contribution in [-0.2, 0) is 9.57 Å². The van der Waals surface area contributed by atoms with Gasteiger partial charge in [-0.25, -0.2) is 0 Å². The first kappa shape index (κ1) is 11.9. The minimum atomic E-state index is 0.219. The van der Waals surface area contributed by atoms with Crippen molar-refractivity contribution >= 4 is 5.71 Å². The minimum Gasteiger partial charge on any atom is -0.392 e. The van der Waals surface area contributed by atoms with Gasteiger partial charge in [-0.3, -0.25) is 0 Å². The molecule has 3 heteroatoms. The lowest BCUT2D eigenvalue weighted by Gasteiger charge is -2.06. The monoisotopic (exact) mass is 253 g/mol. The first-order valence-electron chi connectivity index (χ1n) is 6.36. The van der Waals surface area contributed by atoms with Gasteiger partial charge in [-0.05, 0) is 0 Å². The third-order valence-electron chi connectivity index (χ3n) is 2.91. The number of oxime groups is 1. The highest BCUT2D eigenvalue weighted by molar-refractivity contribution is 6.12. The standard InChI is InChI=1S/C16H15NO2/c1-3-7-13(8-4-1)16(14-9-5-2-6-10-14)17-19-12-15-11-18-15/h1-10,15H,11-12H2/t15-/m1/s1. The summed E-state index contributed by atoms with van der Waals surface area (Å²) in [5.74, 6) is 0. The molecule has 96 valence electrons. The van der Waals surface area contributed by atoms with Crippen LogP contribution in [0.3, 0.4) is 0 Å². The maximum atomic E-state index is 5.39. The average molecular weight is 253 g/mol. The molecule has 0 N–H and O–H groups in total. The lowest BCUT2D eigenvalue weighted by molar-refractivity contribution is 0.125. The van der Waals surface area contributed by atoms with Crippen LogP contribution in [0.15, 0.2) is 65.8 Å². The number of hydrogen-bond donors (Lipinski definition) is 0. The van der Waals surface area contributed by atoms with E-state index in [-0.39, 0.29) is 6.10 Å². The molecule has 1 aliphatic rings. The van der Waals surface area contributed by atoms with Gasteiger partial charge < -0.3 is 9.57 Å². The van der Waals surface area contributed by atoms with E-state index in [2.05, 4.69) is 5.16 Å². The number of hydrogen-bond acceptors (Lipinski definition) is 3. The Bertz CT molecular complexity index is 506. The molecular formula is C16H15NO2. The zero-order chi connectivity index (χ0) is 12.9. The fraction of sp³-hybridized carbons (Fsp3) is 0.188. The van der Waals surface area contributed by atoms with Crippen LogP contribution in [0.25, 0.3) is 0 Å². The number of epoxide rings is 1. The van der Waals surface area contributed by atoms with Crippen LogP contribution < -0.4 is 0 Å². The highest BCUT2D eigenvalue weighted by Crippen LogP contribution is 2.13. The van der Waals surface area contributed by atoms with Crippen LogP contribution >= 0.6 is 0 Å². The smallest absolute Gasteiger partial charge is 0.145 e. The number of benzene rings is 2. The Balaban J connectivity index is 1.86. The summed E-state index contributed by atoms with van der Waals surface area (Å²) in [7, 11) is 0. The molecule has 0 aromatic heterocycles. The van der Waals surface area contributed by atoms with Crippen LogP contribution in [-0.4, -0.2) is 25.0 Å². The fourth-order valence-corrected chi connectivity index (χ4v) is 1.81. The molecule has 0 amide bonds. The SMILES string of the molecule is c1ccc(C(=NOC[C@H]2CO2)c2ccccc2)cc1. The van der Waals surface area contributed by atoms with Crippen LogP contribution in [0.2, 0.25) is 0 Å². The molecule has 0 bridgehead atoms. The molecule has 1 atom stereocenters. The van der Waals surface area contributed by atoms with Crippen molar-refractivity contribution in [3.05, 3.63) is 71.8 Å². The first-order chi connectivity index (χ1) is 9.43. The maximum absolute atomic E-state index is 5.39. The Hall–Kier alpha value is -2.13. The second-order valence-corrected chi connectivity index (χ2v) is 4.42. The summed E-state index contributed by atoms with van der Waals surface area (Å²) in [5.41, 5.74) is 2.94. The Morgan fingerprint density at radius 3 is 2.00 bits per heavy atom. The van der Waals surface area contributed by atoms with Gasteiger partial charge in [0.25, 0.3) is 0 Å². The zero-order valence-electron chi connectivity index (χ0n) is 10.5. The van der Waals surface area contributed by atoms with Gasteiger partial charge >= 0.3 is 0 Å². The first-order valence-corrected chi connectivity index (χ1v) is 6.36. The topological polar surface area (TPSA) is 34.1 Å². The lowest BCUT2D eigenvalue weighted by atomic mass is 10.0. The van der Waals surface area contributed by atoms with E-state index in [1.165, 1.54) is 0 Å². The number of nitrogens with zero attached hydrogens (tertiary/aromatic N) is 1. The second-order valence-electron chi connectivity index (χ2n) is 4.42. The van der Waals surface area contributed by atoms with E-state index in [1.807, 2.05) is 60.7 Å². The molecule has 3 rings (SSSR count). The summed E-state index contributed by atoms with van der Waals surface area (Å²) in [4.78, 5) is 5.39. The molecule has 1 heterocycles. The number of ether oxygens (including phenoxy) is 1. The molecule has 3 nitrogen and oxygen atoms in total. The summed E-state index contributed by atoms with van der Waals surface area (Å²) in [6.45, 7) is 1.30. The molecule has 0 unspecified atom stereocenters. The minimum absolute atomic E-state index is 0.219. The predicted molar refractivity (Wildman–Crippen MR) is 74.2 cm³/mol. The highest BCUT2D eigenvalue weighted by atomic mass is 16.7. The van der Waals surface area contributed by atoms with Crippen LogP contribution in [0.1, 0.15) is 11.1 Å². The maximum Gasteiger partial charge on any atom is 0.145 e. The van der Waals surface area contributed by atoms with E-state index in [1.54, 1.807) is 0 Å². The third-order valence-corrected chi connectivity index (χ3v) is 2.91. The fourth-order valence-electron chi connectivity index (χ4n) is 1.81. The molecule has 1 saturated heterocycles. The van der Waals surface area contributed by atoms with E-state index >= 15 is 0 Å². The third kappa shape index (κ3) is 3.20. The second kappa shape index (κ2) is 5.67. The van der Waals surface area contributed by atoms with Crippen molar-refractivity contribution in [2.45, 2.75) is 6.10 Å². The van der Waals surface area contributed by atoms with Gasteiger partial charge in [0.15, 0.2) is 0 Å². The molecule has 0 spiro atoms. The quantitative estimate of drug-likeness (QED) is 0.466. The van der Waals surface area contributed by atoms with Crippen LogP contribution in [0, 0.1) is 0 Å². The molecule has 0 aliphatic carbocycles. The van der Waals surface area contributed by atoms with Crippen molar-refractivity contribution in [2.24, 2.45) is 5.16 Å². The van der Waals surface area contributed by atoms with Crippen LogP contribution in [0.5, 0.6) is 0 Å². The molecule has 2 aromatic carbocycles. The largest absolute Gasteiger partial charge is 0.392 e. The molecular weight excluding hydrogens is 238 g/mol. The van der Waals surface area contributed by atoms with E-state index in [0.29, 0.717) is 6.61 Å². The van der Waals surface area contributed by atoms with Crippen molar-refractivity contribution in [1.82, 2.24) is 0 Å². The van der Waals surface area contributed by atoms with Gasteiger partial charge in [0.1, 0.15) is 18.4 Å². The normalized spacial score (nSPS) is 16.7. The van der Waals surface area contributed by atoms with Crippen LogP contribution in [0.4, 0.5) is 0 Å².